The summed E-state index contributed by atoms with van der Waals surface area (Å²) in [6.07, 6.45) is 1.81. The topological polar surface area (TPSA) is 81.3 Å². The first-order chi connectivity index (χ1) is 12.9. The van der Waals surface area contributed by atoms with Crippen LogP contribution in [0.15, 0.2) is 29.2 Å². The normalized spacial score (nSPS) is 19.1. The Morgan fingerprint density at radius 3 is 2.78 bits per heavy atom. The maximum absolute atomic E-state index is 12.3. The van der Waals surface area contributed by atoms with Gasteiger partial charge in [-0.05, 0) is 42.7 Å². The number of aryl methyl sites for hydroxylation is 1. The predicted octanol–water partition coefficient (Wildman–Crippen LogP) is 1.98. The molecular formula is C19H27N5O2S. The Hall–Kier alpha value is -2.19. The molecule has 0 aromatic carbocycles. The Bertz CT molecular complexity index is 898. The highest BCUT2D eigenvalue weighted by molar-refractivity contribution is 7.82. The second-order valence-corrected chi connectivity index (χ2v) is 8.53. The largest absolute Gasteiger partial charge is 0.373 e. The second kappa shape index (κ2) is 8.22. The fourth-order valence-electron chi connectivity index (χ4n) is 3.46. The number of aromatic amines is 1. The molecule has 1 saturated heterocycles. The van der Waals surface area contributed by atoms with Gasteiger partial charge in [-0.1, -0.05) is 6.92 Å². The molecule has 2 aromatic heterocycles. The lowest BCUT2D eigenvalue weighted by Gasteiger charge is -2.40. The first kappa shape index (κ1) is 19.6. The molecule has 0 bridgehead atoms. The van der Waals surface area contributed by atoms with Crippen molar-refractivity contribution in [1.29, 1.82) is 0 Å². The zero-order valence-corrected chi connectivity index (χ0v) is 17.1. The van der Waals surface area contributed by atoms with Crippen molar-refractivity contribution >= 4 is 22.6 Å². The van der Waals surface area contributed by atoms with Crippen LogP contribution < -0.4 is 15.8 Å². The summed E-state index contributed by atoms with van der Waals surface area (Å²) in [7, 11) is 0.896. The molecule has 2 atom stereocenters. The van der Waals surface area contributed by atoms with Crippen LogP contribution in [0.1, 0.15) is 19.4 Å². The van der Waals surface area contributed by atoms with E-state index < -0.39 is 11.0 Å². The molecular weight excluding hydrogens is 362 g/mol. The lowest BCUT2D eigenvalue weighted by molar-refractivity contribution is 0.359. The Balaban J connectivity index is 1.93. The molecule has 0 spiro atoms. The number of anilines is 2. The van der Waals surface area contributed by atoms with Gasteiger partial charge in [-0.25, -0.2) is 13.5 Å². The van der Waals surface area contributed by atoms with Crippen LogP contribution in [-0.4, -0.2) is 57.0 Å². The van der Waals surface area contributed by atoms with Gasteiger partial charge in [0.25, 0.3) is 0 Å². The third-order valence-electron chi connectivity index (χ3n) is 4.93. The van der Waals surface area contributed by atoms with Crippen molar-refractivity contribution < 1.29 is 4.21 Å². The molecule has 2 unspecified atom stereocenters. The highest BCUT2D eigenvalue weighted by Gasteiger charge is 2.27. The standard InChI is InChI=1S/C19H27N5O2S/c1-5-27(26)23-6-7-24(14(3)12-23)18-8-15(9-19(25)22-18)16-10-17(20-4)21-11-13(16)2/h8-11,14H,5-7,12H2,1-4H3,(H,20,21)(H,22,25). The molecule has 1 aliphatic heterocycles. The summed E-state index contributed by atoms with van der Waals surface area (Å²) in [4.78, 5) is 21.8. The van der Waals surface area contributed by atoms with E-state index in [-0.39, 0.29) is 11.6 Å². The van der Waals surface area contributed by atoms with Crippen LogP contribution in [0.5, 0.6) is 0 Å². The van der Waals surface area contributed by atoms with Crippen molar-refractivity contribution in [3.05, 3.63) is 40.3 Å². The molecule has 146 valence electrons. The van der Waals surface area contributed by atoms with Crippen LogP contribution >= 0.6 is 0 Å². The van der Waals surface area contributed by atoms with Crippen molar-refractivity contribution in [3.8, 4) is 11.1 Å². The summed E-state index contributed by atoms with van der Waals surface area (Å²) >= 11 is 0. The number of nitrogens with one attached hydrogen (secondary N) is 2. The van der Waals surface area contributed by atoms with Gasteiger partial charge in [-0.2, -0.15) is 0 Å². The number of piperazine rings is 1. The summed E-state index contributed by atoms with van der Waals surface area (Å²) in [5, 5.41) is 3.04. The maximum Gasteiger partial charge on any atom is 0.250 e. The van der Waals surface area contributed by atoms with Gasteiger partial charge in [0.2, 0.25) is 5.56 Å². The molecule has 0 radical (unpaired) electrons. The number of H-pyrrole nitrogens is 1. The number of pyridine rings is 2. The second-order valence-electron chi connectivity index (χ2n) is 6.79. The summed E-state index contributed by atoms with van der Waals surface area (Å²) in [6.45, 7) is 8.18. The minimum absolute atomic E-state index is 0.128. The first-order valence-electron chi connectivity index (χ1n) is 9.22. The highest BCUT2D eigenvalue weighted by atomic mass is 32.2. The smallest absolute Gasteiger partial charge is 0.250 e. The van der Waals surface area contributed by atoms with E-state index in [1.54, 1.807) is 6.07 Å². The van der Waals surface area contributed by atoms with Crippen LogP contribution in [0.3, 0.4) is 0 Å². The maximum atomic E-state index is 12.3. The minimum atomic E-state index is -0.930. The van der Waals surface area contributed by atoms with E-state index in [1.807, 2.05) is 43.5 Å². The molecule has 0 saturated carbocycles. The van der Waals surface area contributed by atoms with Gasteiger partial charge in [0, 0.05) is 50.7 Å². The predicted molar refractivity (Wildman–Crippen MR) is 112 cm³/mol. The SMILES string of the molecule is CCS(=O)N1CCN(c2cc(-c3cc(NC)ncc3C)cc(=O)[nH]2)C(C)C1. The number of rotatable bonds is 5. The third-order valence-corrected chi connectivity index (χ3v) is 6.34. The van der Waals surface area contributed by atoms with Gasteiger partial charge in [-0.3, -0.25) is 4.79 Å². The van der Waals surface area contributed by atoms with Crippen LogP contribution in [0.4, 0.5) is 11.6 Å². The fourth-order valence-corrected chi connectivity index (χ4v) is 4.49. The molecule has 7 nitrogen and oxygen atoms in total. The van der Waals surface area contributed by atoms with Gasteiger partial charge in [0.15, 0.2) is 0 Å². The van der Waals surface area contributed by atoms with Crippen LogP contribution in [-0.2, 0) is 11.0 Å². The van der Waals surface area contributed by atoms with E-state index in [0.29, 0.717) is 12.3 Å². The Labute approximate surface area is 162 Å². The van der Waals surface area contributed by atoms with Crippen molar-refractivity contribution in [2.24, 2.45) is 0 Å². The quantitative estimate of drug-likeness (QED) is 0.817. The molecule has 0 aliphatic carbocycles. The van der Waals surface area contributed by atoms with Gasteiger partial charge < -0.3 is 15.2 Å². The van der Waals surface area contributed by atoms with Gasteiger partial charge >= 0.3 is 0 Å². The van der Waals surface area contributed by atoms with Crippen molar-refractivity contribution in [2.45, 2.75) is 26.8 Å². The number of aromatic nitrogens is 2. The Morgan fingerprint density at radius 1 is 1.33 bits per heavy atom. The van der Waals surface area contributed by atoms with E-state index >= 15 is 0 Å². The number of hydrogen-bond acceptors (Lipinski definition) is 5. The molecule has 27 heavy (non-hydrogen) atoms. The average Bonchev–Trinajstić information content (AvgIpc) is 2.67. The fraction of sp³-hybridized carbons (Fsp3) is 0.474. The molecule has 2 aromatic rings. The van der Waals surface area contributed by atoms with E-state index in [1.165, 1.54) is 0 Å². The molecule has 1 fully saturated rings. The van der Waals surface area contributed by atoms with E-state index in [0.717, 1.165) is 41.4 Å². The van der Waals surface area contributed by atoms with Crippen LogP contribution in [0, 0.1) is 6.92 Å². The summed E-state index contributed by atoms with van der Waals surface area (Å²) in [5.74, 6) is 2.20. The van der Waals surface area contributed by atoms with Gasteiger partial charge in [0.1, 0.15) is 11.6 Å². The first-order valence-corrected chi connectivity index (χ1v) is 10.5. The molecule has 0 amide bonds. The van der Waals surface area contributed by atoms with Crippen molar-refractivity contribution in [2.75, 3.05) is 42.7 Å². The van der Waals surface area contributed by atoms with Crippen LogP contribution in [0.2, 0.25) is 0 Å². The van der Waals surface area contributed by atoms with Gasteiger partial charge in [-0.15, -0.1) is 0 Å². The van der Waals surface area contributed by atoms with Gasteiger partial charge in [0.05, 0.1) is 11.0 Å². The highest BCUT2D eigenvalue weighted by Crippen LogP contribution is 2.28. The summed E-state index contributed by atoms with van der Waals surface area (Å²) in [5.41, 5.74) is 2.75. The van der Waals surface area contributed by atoms with Crippen molar-refractivity contribution in [1.82, 2.24) is 14.3 Å². The summed E-state index contributed by atoms with van der Waals surface area (Å²) in [6, 6.07) is 5.76. The van der Waals surface area contributed by atoms with E-state index in [4.69, 9.17) is 0 Å². The lowest BCUT2D eigenvalue weighted by atomic mass is 10.0. The molecule has 3 rings (SSSR count). The number of hydrogen-bond donors (Lipinski definition) is 2. The third kappa shape index (κ3) is 4.22. The Morgan fingerprint density at radius 2 is 2.11 bits per heavy atom. The van der Waals surface area contributed by atoms with Crippen molar-refractivity contribution in [3.63, 3.8) is 0 Å². The van der Waals surface area contributed by atoms with E-state index in [9.17, 15) is 9.00 Å². The lowest BCUT2D eigenvalue weighted by Crippen LogP contribution is -2.53. The number of nitrogens with zero attached hydrogens (tertiary/aromatic N) is 3. The Kier molecular flexibility index (Phi) is 5.96. The summed E-state index contributed by atoms with van der Waals surface area (Å²) < 4.78 is 14.1. The molecule has 2 N–H and O–H groups in total. The molecule has 1 aliphatic rings. The van der Waals surface area contributed by atoms with Crippen LogP contribution in [0.25, 0.3) is 11.1 Å². The molecule has 3 heterocycles. The molecule has 8 heteroatoms. The minimum Gasteiger partial charge on any atom is -0.373 e. The van der Waals surface area contributed by atoms with E-state index in [2.05, 4.69) is 27.1 Å². The zero-order valence-electron chi connectivity index (χ0n) is 16.3. The zero-order chi connectivity index (χ0) is 19.6. The average molecular weight is 390 g/mol. The monoisotopic (exact) mass is 389 g/mol.